The molecule has 0 radical (unpaired) electrons. The van der Waals surface area contributed by atoms with E-state index in [1.165, 1.54) is 10.5 Å². The van der Waals surface area contributed by atoms with Gasteiger partial charge in [-0.1, -0.05) is 29.3 Å². The first kappa shape index (κ1) is 17.2. The quantitative estimate of drug-likeness (QED) is 0.660. The largest absolute Gasteiger partial charge is 0.320 e. The van der Waals surface area contributed by atoms with Gasteiger partial charge in [0.25, 0.3) is 5.91 Å². The third-order valence-electron chi connectivity index (χ3n) is 4.64. The standard InChI is InChI=1S/C20H18ClN3OS/c1-11-7-8-17-13(9-11)19-14(10-26-17)18(23-24(19)3)20(25)22-16-6-4-5-15(21)12(16)2/h4-9H,10H2,1-3H3,(H,22,25). The van der Waals surface area contributed by atoms with E-state index in [1.54, 1.807) is 11.8 Å². The molecule has 0 atom stereocenters. The van der Waals surface area contributed by atoms with Crippen molar-refractivity contribution in [1.29, 1.82) is 0 Å². The molecule has 132 valence electrons. The Kier molecular flexibility index (Phi) is 4.29. The van der Waals surface area contributed by atoms with Crippen LogP contribution in [0.1, 0.15) is 27.2 Å². The van der Waals surface area contributed by atoms with Gasteiger partial charge in [0.2, 0.25) is 0 Å². The average Bonchev–Trinajstić information content (AvgIpc) is 2.96. The second kappa shape index (κ2) is 6.49. The number of benzene rings is 2. The van der Waals surface area contributed by atoms with Crippen LogP contribution in [0.4, 0.5) is 5.69 Å². The number of nitrogens with one attached hydrogen (secondary N) is 1. The summed E-state index contributed by atoms with van der Waals surface area (Å²) in [6, 6.07) is 11.9. The van der Waals surface area contributed by atoms with Crippen LogP contribution in [-0.4, -0.2) is 15.7 Å². The monoisotopic (exact) mass is 383 g/mol. The number of carbonyl (C=O) groups excluding carboxylic acids is 1. The molecule has 1 aliphatic heterocycles. The number of thioether (sulfide) groups is 1. The number of carbonyl (C=O) groups is 1. The van der Waals surface area contributed by atoms with E-state index in [0.29, 0.717) is 16.4 Å². The van der Waals surface area contributed by atoms with E-state index in [0.717, 1.165) is 28.1 Å². The topological polar surface area (TPSA) is 46.9 Å². The average molecular weight is 384 g/mol. The molecule has 6 heteroatoms. The third kappa shape index (κ3) is 2.81. The zero-order chi connectivity index (χ0) is 18.4. The molecule has 26 heavy (non-hydrogen) atoms. The van der Waals surface area contributed by atoms with E-state index in [1.807, 2.05) is 36.9 Å². The van der Waals surface area contributed by atoms with E-state index in [9.17, 15) is 4.79 Å². The SMILES string of the molecule is Cc1ccc2c(c1)-c1c(c(C(=O)Nc3cccc(Cl)c3C)nn1C)CS2. The first-order chi connectivity index (χ1) is 12.5. The van der Waals surface area contributed by atoms with Gasteiger partial charge >= 0.3 is 0 Å². The molecule has 0 saturated carbocycles. The molecule has 2 heterocycles. The van der Waals surface area contributed by atoms with Gasteiger partial charge < -0.3 is 5.32 Å². The summed E-state index contributed by atoms with van der Waals surface area (Å²) in [7, 11) is 1.89. The first-order valence-corrected chi connectivity index (χ1v) is 9.68. The number of hydrogen-bond donors (Lipinski definition) is 1. The van der Waals surface area contributed by atoms with Crippen LogP contribution in [-0.2, 0) is 12.8 Å². The summed E-state index contributed by atoms with van der Waals surface area (Å²) in [5.74, 6) is 0.528. The molecule has 1 aliphatic rings. The number of fused-ring (bicyclic) bond motifs is 3. The zero-order valence-electron chi connectivity index (χ0n) is 14.8. The molecular formula is C20H18ClN3OS. The van der Waals surface area contributed by atoms with Crippen molar-refractivity contribution in [1.82, 2.24) is 9.78 Å². The maximum absolute atomic E-state index is 12.9. The van der Waals surface area contributed by atoms with Gasteiger partial charge in [0.1, 0.15) is 0 Å². The van der Waals surface area contributed by atoms with Crippen molar-refractivity contribution in [2.24, 2.45) is 7.05 Å². The molecule has 0 unspecified atom stereocenters. The smallest absolute Gasteiger partial charge is 0.276 e. The maximum Gasteiger partial charge on any atom is 0.276 e. The minimum absolute atomic E-state index is 0.205. The molecule has 4 nitrogen and oxygen atoms in total. The summed E-state index contributed by atoms with van der Waals surface area (Å²) < 4.78 is 1.81. The number of halogens is 1. The molecule has 4 rings (SSSR count). The van der Waals surface area contributed by atoms with Crippen LogP contribution in [0.5, 0.6) is 0 Å². The highest BCUT2D eigenvalue weighted by Gasteiger charge is 2.28. The number of nitrogens with zero attached hydrogens (tertiary/aromatic N) is 2. The van der Waals surface area contributed by atoms with Gasteiger partial charge in [-0.05, 0) is 43.7 Å². The predicted molar refractivity (Wildman–Crippen MR) is 107 cm³/mol. The molecule has 1 amide bonds. The second-order valence-electron chi connectivity index (χ2n) is 6.45. The second-order valence-corrected chi connectivity index (χ2v) is 7.88. The first-order valence-electron chi connectivity index (χ1n) is 8.32. The summed E-state index contributed by atoms with van der Waals surface area (Å²) >= 11 is 7.90. The number of aryl methyl sites for hydroxylation is 2. The van der Waals surface area contributed by atoms with Crippen molar-refractivity contribution in [3.8, 4) is 11.3 Å². The normalized spacial score (nSPS) is 12.5. The van der Waals surface area contributed by atoms with E-state index in [2.05, 4.69) is 35.5 Å². The molecule has 1 aromatic heterocycles. The summed E-state index contributed by atoms with van der Waals surface area (Å²) in [4.78, 5) is 14.1. The van der Waals surface area contributed by atoms with Crippen molar-refractivity contribution < 1.29 is 4.79 Å². The minimum Gasteiger partial charge on any atom is -0.320 e. The Morgan fingerprint density at radius 3 is 2.88 bits per heavy atom. The van der Waals surface area contributed by atoms with Crippen LogP contribution in [0.15, 0.2) is 41.3 Å². The molecular weight excluding hydrogens is 366 g/mol. The number of aromatic nitrogens is 2. The molecule has 3 aromatic rings. The summed E-state index contributed by atoms with van der Waals surface area (Å²) in [6.45, 7) is 3.96. The van der Waals surface area contributed by atoms with Gasteiger partial charge in [-0.2, -0.15) is 5.10 Å². The fourth-order valence-electron chi connectivity index (χ4n) is 3.25. The van der Waals surface area contributed by atoms with Crippen LogP contribution < -0.4 is 5.32 Å². The van der Waals surface area contributed by atoms with E-state index >= 15 is 0 Å². The number of anilines is 1. The fourth-order valence-corrected chi connectivity index (χ4v) is 4.48. The molecule has 2 aromatic carbocycles. The van der Waals surface area contributed by atoms with Crippen molar-refractivity contribution >= 4 is 35.0 Å². The molecule has 0 aliphatic carbocycles. The van der Waals surface area contributed by atoms with Gasteiger partial charge in [0.15, 0.2) is 5.69 Å². The molecule has 0 saturated heterocycles. The lowest BCUT2D eigenvalue weighted by Crippen LogP contribution is -2.15. The Bertz CT molecular complexity index is 1040. The number of hydrogen-bond acceptors (Lipinski definition) is 3. The van der Waals surface area contributed by atoms with Crippen LogP contribution in [0.25, 0.3) is 11.3 Å². The van der Waals surface area contributed by atoms with Crippen molar-refractivity contribution in [3.63, 3.8) is 0 Å². The Morgan fingerprint density at radius 2 is 2.08 bits per heavy atom. The van der Waals surface area contributed by atoms with Crippen LogP contribution in [0.2, 0.25) is 5.02 Å². The fraction of sp³-hybridized carbons (Fsp3) is 0.200. The highest BCUT2D eigenvalue weighted by Crippen LogP contribution is 2.43. The lowest BCUT2D eigenvalue weighted by molar-refractivity contribution is 0.102. The summed E-state index contributed by atoms with van der Waals surface area (Å²) in [5, 5.41) is 8.12. The number of amides is 1. The van der Waals surface area contributed by atoms with Crippen LogP contribution in [0, 0.1) is 13.8 Å². The van der Waals surface area contributed by atoms with Gasteiger partial charge in [0, 0.05) is 39.5 Å². The van der Waals surface area contributed by atoms with Crippen LogP contribution >= 0.6 is 23.4 Å². The van der Waals surface area contributed by atoms with Crippen molar-refractivity contribution in [2.75, 3.05) is 5.32 Å². The molecule has 0 fully saturated rings. The van der Waals surface area contributed by atoms with Crippen molar-refractivity contribution in [2.45, 2.75) is 24.5 Å². The van der Waals surface area contributed by atoms with Gasteiger partial charge in [-0.25, -0.2) is 0 Å². The van der Waals surface area contributed by atoms with Crippen LogP contribution in [0.3, 0.4) is 0 Å². The Balaban J connectivity index is 1.75. The molecule has 0 bridgehead atoms. The van der Waals surface area contributed by atoms with Gasteiger partial charge in [-0.3, -0.25) is 9.48 Å². The summed E-state index contributed by atoms with van der Waals surface area (Å²) in [6.07, 6.45) is 0. The van der Waals surface area contributed by atoms with E-state index < -0.39 is 0 Å². The van der Waals surface area contributed by atoms with Gasteiger partial charge in [0.05, 0.1) is 5.69 Å². The Hall–Kier alpha value is -2.24. The third-order valence-corrected chi connectivity index (χ3v) is 6.15. The summed E-state index contributed by atoms with van der Waals surface area (Å²) in [5.41, 5.74) is 6.37. The van der Waals surface area contributed by atoms with Crippen molar-refractivity contribution in [3.05, 3.63) is 63.8 Å². The zero-order valence-corrected chi connectivity index (χ0v) is 16.3. The highest BCUT2D eigenvalue weighted by atomic mass is 35.5. The minimum atomic E-state index is -0.205. The predicted octanol–water partition coefficient (Wildman–Crippen LogP) is 5.22. The van der Waals surface area contributed by atoms with E-state index in [4.69, 9.17) is 11.6 Å². The highest BCUT2D eigenvalue weighted by molar-refractivity contribution is 7.98. The molecule has 0 spiro atoms. The van der Waals surface area contributed by atoms with E-state index in [-0.39, 0.29) is 5.91 Å². The lowest BCUT2D eigenvalue weighted by Gasteiger charge is -2.18. The van der Waals surface area contributed by atoms with Gasteiger partial charge in [-0.15, -0.1) is 11.8 Å². The lowest BCUT2D eigenvalue weighted by atomic mass is 10.0. The maximum atomic E-state index is 12.9. The Labute approximate surface area is 161 Å². The molecule has 1 N–H and O–H groups in total. The Morgan fingerprint density at radius 1 is 1.27 bits per heavy atom. The number of rotatable bonds is 2.